The third-order valence-electron chi connectivity index (χ3n) is 1.73. The molecule has 0 unspecified atom stereocenters. The highest BCUT2D eigenvalue weighted by molar-refractivity contribution is 7.89. The number of aromatic carboxylic acids is 1. The van der Waals surface area contributed by atoms with E-state index in [1.54, 1.807) is 0 Å². The summed E-state index contributed by atoms with van der Waals surface area (Å²) in [6, 6.07) is 2.28. The summed E-state index contributed by atoms with van der Waals surface area (Å²) >= 11 is 0. The average molecular weight is 230 g/mol. The Morgan fingerprint density at radius 3 is 2.53 bits per heavy atom. The van der Waals surface area contributed by atoms with Gasteiger partial charge in [0.2, 0.25) is 10.0 Å². The molecule has 0 saturated carbocycles. The van der Waals surface area contributed by atoms with Crippen LogP contribution in [0.15, 0.2) is 23.2 Å². The van der Waals surface area contributed by atoms with Crippen molar-refractivity contribution in [2.24, 2.45) is 0 Å². The number of carboxylic acid groups (broad SMARTS) is 1. The molecule has 15 heavy (non-hydrogen) atoms. The molecule has 0 aliphatic rings. The van der Waals surface area contributed by atoms with Crippen LogP contribution in [-0.4, -0.2) is 42.9 Å². The molecule has 0 fully saturated rings. The Labute approximate surface area is 87.2 Å². The second kappa shape index (κ2) is 3.95. The number of carboxylic acids is 1. The molecule has 1 heterocycles. The van der Waals surface area contributed by atoms with Crippen molar-refractivity contribution in [3.63, 3.8) is 0 Å². The van der Waals surface area contributed by atoms with Crippen molar-refractivity contribution in [3.05, 3.63) is 24.0 Å². The Kier molecular flexibility index (Phi) is 3.06. The quantitative estimate of drug-likeness (QED) is 0.791. The van der Waals surface area contributed by atoms with Crippen LogP contribution < -0.4 is 0 Å². The van der Waals surface area contributed by atoms with Crippen LogP contribution in [0.5, 0.6) is 0 Å². The number of nitrogens with zero attached hydrogens (tertiary/aromatic N) is 2. The number of sulfonamides is 1. The first kappa shape index (κ1) is 11.6. The van der Waals surface area contributed by atoms with Gasteiger partial charge in [0, 0.05) is 20.3 Å². The third-order valence-corrected chi connectivity index (χ3v) is 3.54. The summed E-state index contributed by atoms with van der Waals surface area (Å²) in [7, 11) is -0.860. The fourth-order valence-electron chi connectivity index (χ4n) is 0.899. The highest BCUT2D eigenvalue weighted by Crippen LogP contribution is 2.12. The van der Waals surface area contributed by atoms with Crippen molar-refractivity contribution in [3.8, 4) is 0 Å². The lowest BCUT2D eigenvalue weighted by molar-refractivity contribution is 0.0690. The van der Waals surface area contributed by atoms with E-state index in [1.807, 2.05) is 0 Å². The first-order valence-corrected chi connectivity index (χ1v) is 5.41. The molecule has 7 heteroatoms. The summed E-state index contributed by atoms with van der Waals surface area (Å²) < 4.78 is 24.2. The van der Waals surface area contributed by atoms with Gasteiger partial charge in [0.05, 0.1) is 4.90 Å². The van der Waals surface area contributed by atoms with Gasteiger partial charge in [0.15, 0.2) is 0 Å². The van der Waals surface area contributed by atoms with Gasteiger partial charge in [-0.3, -0.25) is 0 Å². The molecule has 1 rings (SSSR count). The Morgan fingerprint density at radius 2 is 2.07 bits per heavy atom. The third kappa shape index (κ3) is 2.31. The molecule has 6 nitrogen and oxygen atoms in total. The van der Waals surface area contributed by atoms with Crippen LogP contribution in [0.3, 0.4) is 0 Å². The lowest BCUT2D eigenvalue weighted by Crippen LogP contribution is -2.22. The minimum absolute atomic E-state index is 0.0834. The Hall–Kier alpha value is -1.47. The van der Waals surface area contributed by atoms with Crippen molar-refractivity contribution in [2.75, 3.05) is 14.1 Å². The Balaban J connectivity index is 3.29. The molecule has 0 aliphatic heterocycles. The zero-order valence-corrected chi connectivity index (χ0v) is 9.02. The minimum atomic E-state index is -3.60. The van der Waals surface area contributed by atoms with Crippen molar-refractivity contribution < 1.29 is 18.3 Å². The Morgan fingerprint density at radius 1 is 1.47 bits per heavy atom. The average Bonchev–Trinajstić information content (AvgIpc) is 2.17. The molecule has 1 aromatic heterocycles. The smallest absolute Gasteiger partial charge is 0.354 e. The summed E-state index contributed by atoms with van der Waals surface area (Å²) in [6.07, 6.45) is 1.15. The predicted octanol–water partition coefficient (Wildman–Crippen LogP) is 0.0301. The van der Waals surface area contributed by atoms with Gasteiger partial charge >= 0.3 is 5.97 Å². The minimum Gasteiger partial charge on any atom is -0.477 e. The van der Waals surface area contributed by atoms with Gasteiger partial charge in [0.25, 0.3) is 0 Å². The lowest BCUT2D eigenvalue weighted by Gasteiger charge is -2.10. The fourth-order valence-corrected chi connectivity index (χ4v) is 1.81. The van der Waals surface area contributed by atoms with Crippen LogP contribution in [0.1, 0.15) is 10.5 Å². The first-order valence-electron chi connectivity index (χ1n) is 3.97. The molecule has 82 valence electrons. The second-order valence-corrected chi connectivity index (χ2v) is 5.12. The molecule has 0 bridgehead atoms. The lowest BCUT2D eigenvalue weighted by atomic mass is 10.4. The van der Waals surface area contributed by atoms with E-state index in [-0.39, 0.29) is 10.6 Å². The zero-order chi connectivity index (χ0) is 11.6. The summed E-state index contributed by atoms with van der Waals surface area (Å²) in [5, 5.41) is 8.64. The number of hydrogen-bond donors (Lipinski definition) is 1. The van der Waals surface area contributed by atoms with Crippen molar-refractivity contribution in [2.45, 2.75) is 4.90 Å². The number of hydrogen-bond acceptors (Lipinski definition) is 4. The fraction of sp³-hybridized carbons (Fsp3) is 0.250. The van der Waals surface area contributed by atoms with E-state index in [9.17, 15) is 13.2 Å². The highest BCUT2D eigenvalue weighted by Gasteiger charge is 2.18. The molecule has 0 amide bonds. The normalized spacial score (nSPS) is 11.7. The SMILES string of the molecule is CN(C)S(=O)(=O)c1ccnc(C(=O)O)c1. The van der Waals surface area contributed by atoms with Crippen LogP contribution >= 0.6 is 0 Å². The molecule has 1 aromatic rings. The summed E-state index contributed by atoms with van der Waals surface area (Å²) in [6.45, 7) is 0. The van der Waals surface area contributed by atoms with Gasteiger partial charge in [-0.25, -0.2) is 22.5 Å². The molecule has 0 aliphatic carbocycles. The molecule has 0 spiro atoms. The number of pyridine rings is 1. The maximum Gasteiger partial charge on any atom is 0.354 e. The highest BCUT2D eigenvalue weighted by atomic mass is 32.2. The summed E-state index contributed by atoms with van der Waals surface area (Å²) in [5.74, 6) is -1.26. The molecule has 0 radical (unpaired) electrons. The van der Waals surface area contributed by atoms with Gasteiger partial charge < -0.3 is 5.11 Å². The van der Waals surface area contributed by atoms with Crippen LogP contribution in [0.4, 0.5) is 0 Å². The standard InChI is InChI=1S/C8H10N2O4S/c1-10(2)15(13,14)6-3-4-9-7(5-6)8(11)12/h3-5H,1-2H3,(H,11,12). The van der Waals surface area contributed by atoms with E-state index in [1.165, 1.54) is 20.2 Å². The van der Waals surface area contributed by atoms with E-state index < -0.39 is 16.0 Å². The van der Waals surface area contributed by atoms with Gasteiger partial charge in [0.1, 0.15) is 5.69 Å². The second-order valence-electron chi connectivity index (χ2n) is 2.97. The monoisotopic (exact) mass is 230 g/mol. The van der Waals surface area contributed by atoms with Gasteiger partial charge in [-0.05, 0) is 12.1 Å². The maximum atomic E-state index is 11.6. The van der Waals surface area contributed by atoms with E-state index in [4.69, 9.17) is 5.11 Å². The molecule has 0 saturated heterocycles. The van der Waals surface area contributed by atoms with Crippen LogP contribution in [-0.2, 0) is 10.0 Å². The van der Waals surface area contributed by atoms with E-state index in [2.05, 4.69) is 4.98 Å². The van der Waals surface area contributed by atoms with Crippen molar-refractivity contribution >= 4 is 16.0 Å². The number of carbonyl (C=O) groups is 1. The van der Waals surface area contributed by atoms with Crippen molar-refractivity contribution in [1.82, 2.24) is 9.29 Å². The largest absolute Gasteiger partial charge is 0.477 e. The molecular formula is C8H10N2O4S. The Bertz CT molecular complexity index is 481. The summed E-state index contributed by atoms with van der Waals surface area (Å²) in [5.41, 5.74) is -0.294. The van der Waals surface area contributed by atoms with E-state index in [0.717, 1.165) is 16.6 Å². The first-order chi connectivity index (χ1) is 6.85. The summed E-state index contributed by atoms with van der Waals surface area (Å²) in [4.78, 5) is 14.0. The van der Waals surface area contributed by atoms with Gasteiger partial charge in [-0.15, -0.1) is 0 Å². The van der Waals surface area contributed by atoms with Crippen molar-refractivity contribution in [1.29, 1.82) is 0 Å². The molecule has 0 atom stereocenters. The topological polar surface area (TPSA) is 87.6 Å². The number of rotatable bonds is 3. The molecule has 1 N–H and O–H groups in total. The van der Waals surface area contributed by atoms with E-state index >= 15 is 0 Å². The van der Waals surface area contributed by atoms with Gasteiger partial charge in [-0.1, -0.05) is 0 Å². The van der Waals surface area contributed by atoms with Gasteiger partial charge in [-0.2, -0.15) is 0 Å². The molecular weight excluding hydrogens is 220 g/mol. The van der Waals surface area contributed by atoms with Crippen LogP contribution in [0.25, 0.3) is 0 Å². The number of aromatic nitrogens is 1. The predicted molar refractivity (Wildman–Crippen MR) is 52.1 cm³/mol. The van der Waals surface area contributed by atoms with Crippen LogP contribution in [0, 0.1) is 0 Å². The van der Waals surface area contributed by atoms with Crippen LogP contribution in [0.2, 0.25) is 0 Å². The maximum absolute atomic E-state index is 11.6. The molecule has 0 aromatic carbocycles. The van der Waals surface area contributed by atoms with E-state index in [0.29, 0.717) is 0 Å². The zero-order valence-electron chi connectivity index (χ0n) is 8.21.